The van der Waals surface area contributed by atoms with Gasteiger partial charge in [0.1, 0.15) is 0 Å². The number of benzene rings is 8. The highest BCUT2D eigenvalue weighted by Crippen LogP contribution is 2.41. The van der Waals surface area contributed by atoms with E-state index in [-0.39, 0.29) is 0 Å². The lowest BCUT2D eigenvalue weighted by atomic mass is 9.94. The fourth-order valence-electron chi connectivity index (χ4n) is 7.43. The van der Waals surface area contributed by atoms with E-state index in [9.17, 15) is 0 Å². The molecule has 2 aromatic heterocycles. The summed E-state index contributed by atoms with van der Waals surface area (Å²) in [5.41, 5.74) is 9.03. The minimum absolute atomic E-state index is 0.866. The van der Waals surface area contributed by atoms with Crippen LogP contribution in [0.3, 0.4) is 0 Å². The maximum absolute atomic E-state index is 5.29. The second-order valence-electron chi connectivity index (χ2n) is 12.2. The molecule has 2 heterocycles. The zero-order chi connectivity index (χ0) is 30.9. The maximum Gasteiger partial charge on any atom is 0.0973 e. The number of hydrogen-bond acceptors (Lipinski definition) is 2. The Labute approximate surface area is 271 Å². The Morgan fingerprint density at radius 3 is 1.74 bits per heavy atom. The quantitative estimate of drug-likeness (QED) is 0.190. The number of rotatable bonds is 3. The Kier molecular flexibility index (Phi) is 5.57. The Balaban J connectivity index is 1.25. The average Bonchev–Trinajstić information content (AvgIpc) is 3.49. The average molecular weight is 598 g/mol. The summed E-state index contributed by atoms with van der Waals surface area (Å²) < 4.78 is 2.38. The van der Waals surface area contributed by atoms with Gasteiger partial charge in [0.15, 0.2) is 0 Å². The topological polar surface area (TPSA) is 30.7 Å². The molecule has 0 aliphatic carbocycles. The lowest BCUT2D eigenvalue weighted by Gasteiger charge is -2.13. The van der Waals surface area contributed by atoms with Gasteiger partial charge in [-0.3, -0.25) is 0 Å². The van der Waals surface area contributed by atoms with Gasteiger partial charge in [0.25, 0.3) is 0 Å². The van der Waals surface area contributed by atoms with E-state index in [2.05, 4.69) is 156 Å². The molecule has 10 rings (SSSR count). The zero-order valence-corrected chi connectivity index (χ0v) is 25.4. The third-order valence-corrected chi connectivity index (χ3v) is 9.54. The van der Waals surface area contributed by atoms with Gasteiger partial charge in [-0.25, -0.2) is 9.97 Å². The first-order valence-corrected chi connectivity index (χ1v) is 16.0. The molecule has 218 valence electrons. The van der Waals surface area contributed by atoms with Crippen LogP contribution in [0.5, 0.6) is 0 Å². The molecular formula is C44H27N3. The van der Waals surface area contributed by atoms with Crippen molar-refractivity contribution in [2.24, 2.45) is 0 Å². The second kappa shape index (κ2) is 10.1. The van der Waals surface area contributed by atoms with Crippen LogP contribution in [0, 0.1) is 0 Å². The van der Waals surface area contributed by atoms with Crippen molar-refractivity contribution in [3.8, 4) is 28.2 Å². The Morgan fingerprint density at radius 1 is 0.362 bits per heavy atom. The van der Waals surface area contributed by atoms with E-state index in [4.69, 9.17) is 9.97 Å². The molecule has 47 heavy (non-hydrogen) atoms. The molecule has 0 spiro atoms. The SMILES string of the molecule is c1ccc(-c2nc3ccc(-n4c5ccccc5c5c6ccc7ccc8ccccc8c7c6ccc54)cc3nc2-c2ccccc2)cc1. The van der Waals surface area contributed by atoms with Gasteiger partial charge in [-0.1, -0.05) is 133 Å². The van der Waals surface area contributed by atoms with Crippen LogP contribution in [-0.2, 0) is 0 Å². The number of para-hydroxylation sites is 1. The molecule has 3 nitrogen and oxygen atoms in total. The second-order valence-corrected chi connectivity index (χ2v) is 12.2. The molecule has 3 heteroatoms. The lowest BCUT2D eigenvalue weighted by molar-refractivity contribution is 1.18. The number of aromatic nitrogens is 3. The molecule has 10 aromatic rings. The highest BCUT2D eigenvalue weighted by Gasteiger charge is 2.18. The maximum atomic E-state index is 5.29. The van der Waals surface area contributed by atoms with Gasteiger partial charge in [0, 0.05) is 27.6 Å². The van der Waals surface area contributed by atoms with Gasteiger partial charge in [0.05, 0.1) is 33.5 Å². The molecule has 0 N–H and O–H groups in total. The molecule has 0 saturated heterocycles. The molecule has 0 unspecified atom stereocenters. The lowest BCUT2D eigenvalue weighted by Crippen LogP contribution is -1.98. The van der Waals surface area contributed by atoms with Crippen molar-refractivity contribution < 1.29 is 0 Å². The summed E-state index contributed by atoms with van der Waals surface area (Å²) in [6.07, 6.45) is 0. The summed E-state index contributed by atoms with van der Waals surface area (Å²) in [7, 11) is 0. The zero-order valence-electron chi connectivity index (χ0n) is 25.4. The van der Waals surface area contributed by atoms with E-state index in [0.717, 1.165) is 39.2 Å². The van der Waals surface area contributed by atoms with Crippen molar-refractivity contribution in [1.82, 2.24) is 14.5 Å². The summed E-state index contributed by atoms with van der Waals surface area (Å²) in [4.78, 5) is 10.5. The normalized spacial score (nSPS) is 11.8. The Morgan fingerprint density at radius 2 is 0.957 bits per heavy atom. The number of hydrogen-bond donors (Lipinski definition) is 0. The van der Waals surface area contributed by atoms with Crippen molar-refractivity contribution in [2.75, 3.05) is 0 Å². The van der Waals surface area contributed by atoms with Gasteiger partial charge in [-0.15, -0.1) is 0 Å². The van der Waals surface area contributed by atoms with E-state index in [1.807, 2.05) is 12.1 Å². The van der Waals surface area contributed by atoms with Gasteiger partial charge in [-0.05, 0) is 62.6 Å². The first-order valence-electron chi connectivity index (χ1n) is 16.0. The van der Waals surface area contributed by atoms with E-state index < -0.39 is 0 Å². The van der Waals surface area contributed by atoms with Crippen LogP contribution in [0.1, 0.15) is 0 Å². The third kappa shape index (κ3) is 3.93. The van der Waals surface area contributed by atoms with E-state index in [1.165, 1.54) is 54.1 Å². The molecule has 0 atom stereocenters. The van der Waals surface area contributed by atoms with Gasteiger partial charge in [-0.2, -0.15) is 0 Å². The fourth-order valence-corrected chi connectivity index (χ4v) is 7.43. The van der Waals surface area contributed by atoms with Gasteiger partial charge < -0.3 is 4.57 Å². The smallest absolute Gasteiger partial charge is 0.0973 e. The van der Waals surface area contributed by atoms with Crippen molar-refractivity contribution in [2.45, 2.75) is 0 Å². The number of fused-ring (bicyclic) bond motifs is 10. The Hall–Kier alpha value is -6.32. The van der Waals surface area contributed by atoms with Crippen molar-refractivity contribution in [3.63, 3.8) is 0 Å². The van der Waals surface area contributed by atoms with E-state index in [0.29, 0.717) is 0 Å². The summed E-state index contributed by atoms with van der Waals surface area (Å²) >= 11 is 0. The minimum Gasteiger partial charge on any atom is -0.309 e. The molecule has 8 aromatic carbocycles. The largest absolute Gasteiger partial charge is 0.309 e. The van der Waals surface area contributed by atoms with Crippen LogP contribution in [0.4, 0.5) is 0 Å². The summed E-state index contributed by atoms with van der Waals surface area (Å²) in [6.45, 7) is 0. The van der Waals surface area contributed by atoms with Crippen LogP contribution in [-0.4, -0.2) is 14.5 Å². The van der Waals surface area contributed by atoms with Crippen molar-refractivity contribution >= 4 is 65.2 Å². The summed E-state index contributed by atoms with van der Waals surface area (Å²) in [6, 6.07) is 58.3. The van der Waals surface area contributed by atoms with Crippen molar-refractivity contribution in [3.05, 3.63) is 164 Å². The predicted octanol–water partition coefficient (Wildman–Crippen LogP) is 11.5. The van der Waals surface area contributed by atoms with Gasteiger partial charge in [0.2, 0.25) is 0 Å². The van der Waals surface area contributed by atoms with E-state index >= 15 is 0 Å². The first-order chi connectivity index (χ1) is 23.3. The van der Waals surface area contributed by atoms with Crippen LogP contribution in [0.25, 0.3) is 93.4 Å². The fraction of sp³-hybridized carbons (Fsp3) is 0. The molecule has 0 fully saturated rings. The highest BCUT2D eigenvalue weighted by atomic mass is 15.0. The minimum atomic E-state index is 0.866. The van der Waals surface area contributed by atoms with Crippen LogP contribution < -0.4 is 0 Å². The number of nitrogens with zero attached hydrogens (tertiary/aromatic N) is 3. The molecule has 0 bridgehead atoms. The molecule has 0 aliphatic rings. The first kappa shape index (κ1) is 26.0. The standard InChI is InChI=1S/C44H27N3/c1-3-12-30(13-4-1)43-44(31-14-5-2-6-15-31)46-38-27-32(22-25-37(38)45-43)47-39-18-10-9-17-36(39)42-35-23-21-29-20-19-28-11-7-8-16-33(28)41(29)34(35)24-26-40(42)47/h1-27H. The van der Waals surface area contributed by atoms with Crippen LogP contribution in [0.2, 0.25) is 0 Å². The van der Waals surface area contributed by atoms with Crippen LogP contribution in [0.15, 0.2) is 164 Å². The molecule has 0 radical (unpaired) electrons. The molecule has 0 saturated carbocycles. The van der Waals surface area contributed by atoms with Crippen LogP contribution >= 0.6 is 0 Å². The summed E-state index contributed by atoms with van der Waals surface area (Å²) in [5.74, 6) is 0. The highest BCUT2D eigenvalue weighted by molar-refractivity contribution is 6.29. The molecule has 0 amide bonds. The molecule has 0 aliphatic heterocycles. The van der Waals surface area contributed by atoms with Crippen molar-refractivity contribution in [1.29, 1.82) is 0 Å². The van der Waals surface area contributed by atoms with Gasteiger partial charge >= 0.3 is 0 Å². The molecular weight excluding hydrogens is 571 g/mol. The third-order valence-electron chi connectivity index (χ3n) is 9.54. The summed E-state index contributed by atoms with van der Waals surface area (Å²) in [5, 5.41) is 10.2. The monoisotopic (exact) mass is 597 g/mol. The Bertz CT molecular complexity index is 2830. The predicted molar refractivity (Wildman–Crippen MR) is 197 cm³/mol. The van der Waals surface area contributed by atoms with E-state index in [1.54, 1.807) is 0 Å².